The molecule has 0 unspecified atom stereocenters. The molecule has 3 aromatic rings. The fourth-order valence-electron chi connectivity index (χ4n) is 2.26. The van der Waals surface area contributed by atoms with Gasteiger partial charge in [0.1, 0.15) is 5.75 Å². The van der Waals surface area contributed by atoms with Gasteiger partial charge in [0.25, 0.3) is 0 Å². The molecular weight excluding hydrogens is 338 g/mol. The molecule has 8 nitrogen and oxygen atoms in total. The van der Waals surface area contributed by atoms with Crippen molar-refractivity contribution in [2.24, 2.45) is 0 Å². The van der Waals surface area contributed by atoms with Gasteiger partial charge < -0.3 is 23.9 Å². The van der Waals surface area contributed by atoms with Crippen LogP contribution in [0.3, 0.4) is 0 Å². The first kappa shape index (κ1) is 17.3. The number of rotatable bonds is 6. The fraction of sp³-hybridized carbons (Fsp3) is 0.167. The van der Waals surface area contributed by atoms with Gasteiger partial charge in [0, 0.05) is 17.3 Å². The summed E-state index contributed by atoms with van der Waals surface area (Å²) in [5.74, 6) is 1.33. The Hall–Kier alpha value is -3.55. The van der Waals surface area contributed by atoms with Crippen molar-refractivity contribution in [3.05, 3.63) is 48.4 Å². The third-order valence-corrected chi connectivity index (χ3v) is 3.60. The molecule has 134 valence electrons. The highest BCUT2D eigenvalue weighted by molar-refractivity contribution is 6.01. The van der Waals surface area contributed by atoms with E-state index in [2.05, 4.69) is 15.5 Å². The number of aromatic nitrogens is 2. The third-order valence-electron chi connectivity index (χ3n) is 3.60. The number of ether oxygens (including phenoxy) is 3. The summed E-state index contributed by atoms with van der Waals surface area (Å²) >= 11 is 0. The largest absolute Gasteiger partial charge is 0.497 e. The second-order valence-corrected chi connectivity index (χ2v) is 5.16. The van der Waals surface area contributed by atoms with E-state index in [1.165, 1.54) is 14.2 Å². The molecule has 0 saturated carbocycles. The molecule has 0 aliphatic carbocycles. The van der Waals surface area contributed by atoms with Crippen LogP contribution < -0.4 is 19.5 Å². The van der Waals surface area contributed by atoms with Gasteiger partial charge in [0.2, 0.25) is 5.89 Å². The van der Waals surface area contributed by atoms with E-state index in [-0.39, 0.29) is 11.8 Å². The zero-order valence-electron chi connectivity index (χ0n) is 14.5. The smallest absolute Gasteiger partial charge is 0.313 e. The Kier molecular flexibility index (Phi) is 5.02. The number of methoxy groups -OCH3 is 3. The molecule has 0 aliphatic rings. The molecule has 1 heterocycles. The van der Waals surface area contributed by atoms with Crippen LogP contribution in [0.4, 0.5) is 5.69 Å². The zero-order valence-corrected chi connectivity index (χ0v) is 14.5. The molecule has 1 aromatic heterocycles. The predicted molar refractivity (Wildman–Crippen MR) is 93.8 cm³/mol. The molecular formula is C18H17N3O5. The van der Waals surface area contributed by atoms with Crippen LogP contribution in [0, 0.1) is 0 Å². The second-order valence-electron chi connectivity index (χ2n) is 5.16. The maximum atomic E-state index is 12.3. The first-order valence-electron chi connectivity index (χ1n) is 7.66. The minimum atomic E-state index is -0.524. The lowest BCUT2D eigenvalue weighted by molar-refractivity contribution is 0.0991. The molecule has 1 N–H and O–H groups in total. The zero-order chi connectivity index (χ0) is 18.5. The van der Waals surface area contributed by atoms with Gasteiger partial charge in [0.15, 0.2) is 11.5 Å². The number of nitrogens with zero attached hydrogens (tertiary/aromatic N) is 2. The highest BCUT2D eigenvalue weighted by Gasteiger charge is 2.17. The van der Waals surface area contributed by atoms with Crippen molar-refractivity contribution in [2.75, 3.05) is 26.6 Å². The van der Waals surface area contributed by atoms with Gasteiger partial charge in [-0.3, -0.25) is 4.79 Å². The van der Waals surface area contributed by atoms with Crippen LogP contribution in [0.2, 0.25) is 0 Å². The van der Waals surface area contributed by atoms with E-state index in [9.17, 15) is 4.79 Å². The number of carbonyl (C=O) groups is 1. The molecule has 3 rings (SSSR count). The standard InChI is InChI=1S/C18H17N3O5/c1-23-13-7-4-11(5-8-13)17-20-21-18(26-17)16(22)19-12-6-9-14(24-2)15(10-12)25-3/h4-10H,1-3H3,(H,19,22). The number of hydrogen-bond donors (Lipinski definition) is 1. The van der Waals surface area contributed by atoms with Crippen LogP contribution in [0.25, 0.3) is 11.5 Å². The number of carbonyl (C=O) groups excluding carboxylic acids is 1. The van der Waals surface area contributed by atoms with E-state index >= 15 is 0 Å². The summed E-state index contributed by atoms with van der Waals surface area (Å²) in [4.78, 5) is 12.3. The van der Waals surface area contributed by atoms with Gasteiger partial charge in [-0.1, -0.05) is 0 Å². The quantitative estimate of drug-likeness (QED) is 0.726. The lowest BCUT2D eigenvalue weighted by Crippen LogP contribution is -2.12. The lowest BCUT2D eigenvalue weighted by Gasteiger charge is -2.09. The third kappa shape index (κ3) is 3.59. The number of amides is 1. The van der Waals surface area contributed by atoms with Crippen LogP contribution in [-0.4, -0.2) is 37.4 Å². The summed E-state index contributed by atoms with van der Waals surface area (Å²) in [6.07, 6.45) is 0. The summed E-state index contributed by atoms with van der Waals surface area (Å²) in [7, 11) is 4.64. The summed E-state index contributed by atoms with van der Waals surface area (Å²) in [6, 6.07) is 12.1. The SMILES string of the molecule is COc1ccc(-c2nnc(C(=O)Nc3ccc(OC)c(OC)c3)o2)cc1. The molecule has 0 aliphatic heterocycles. The lowest BCUT2D eigenvalue weighted by atomic mass is 10.2. The molecule has 26 heavy (non-hydrogen) atoms. The molecule has 0 atom stereocenters. The topological polar surface area (TPSA) is 95.7 Å². The first-order valence-corrected chi connectivity index (χ1v) is 7.66. The van der Waals surface area contributed by atoms with Crippen molar-refractivity contribution in [3.63, 3.8) is 0 Å². The van der Waals surface area contributed by atoms with Gasteiger partial charge in [0.05, 0.1) is 21.3 Å². The Morgan fingerprint density at radius 1 is 0.923 bits per heavy atom. The molecule has 0 fully saturated rings. The van der Waals surface area contributed by atoms with Crippen molar-refractivity contribution in [1.82, 2.24) is 10.2 Å². The van der Waals surface area contributed by atoms with E-state index in [1.807, 2.05) is 0 Å². The number of benzene rings is 2. The molecule has 0 radical (unpaired) electrons. The molecule has 2 aromatic carbocycles. The second kappa shape index (κ2) is 7.56. The number of anilines is 1. The van der Waals surface area contributed by atoms with E-state index < -0.39 is 5.91 Å². The monoisotopic (exact) mass is 355 g/mol. The van der Waals surface area contributed by atoms with Crippen LogP contribution in [0.1, 0.15) is 10.7 Å². The maximum absolute atomic E-state index is 12.3. The normalized spacial score (nSPS) is 10.3. The Balaban J connectivity index is 1.75. The number of nitrogens with one attached hydrogen (secondary N) is 1. The molecule has 0 spiro atoms. The Labute approximate surface area is 149 Å². The minimum Gasteiger partial charge on any atom is -0.497 e. The summed E-state index contributed by atoms with van der Waals surface area (Å²) in [6.45, 7) is 0. The van der Waals surface area contributed by atoms with Gasteiger partial charge in [-0.05, 0) is 36.4 Å². The van der Waals surface area contributed by atoms with Gasteiger partial charge in [-0.2, -0.15) is 0 Å². The summed E-state index contributed by atoms with van der Waals surface area (Å²) < 4.78 is 20.9. The number of hydrogen-bond acceptors (Lipinski definition) is 7. The van der Waals surface area contributed by atoms with E-state index in [0.29, 0.717) is 28.5 Å². The molecule has 0 saturated heterocycles. The van der Waals surface area contributed by atoms with Crippen LogP contribution in [0.15, 0.2) is 46.9 Å². The van der Waals surface area contributed by atoms with E-state index in [0.717, 1.165) is 0 Å². The summed E-state index contributed by atoms with van der Waals surface area (Å²) in [5.41, 5.74) is 1.19. The van der Waals surface area contributed by atoms with Gasteiger partial charge >= 0.3 is 11.8 Å². The van der Waals surface area contributed by atoms with Crippen molar-refractivity contribution in [1.29, 1.82) is 0 Å². The maximum Gasteiger partial charge on any atom is 0.313 e. The van der Waals surface area contributed by atoms with Crippen molar-refractivity contribution >= 4 is 11.6 Å². The Morgan fingerprint density at radius 2 is 1.65 bits per heavy atom. The van der Waals surface area contributed by atoms with Gasteiger partial charge in [-0.15, -0.1) is 10.2 Å². The van der Waals surface area contributed by atoms with Crippen molar-refractivity contribution in [3.8, 4) is 28.7 Å². The molecule has 8 heteroatoms. The van der Waals surface area contributed by atoms with E-state index in [4.69, 9.17) is 18.6 Å². The average Bonchev–Trinajstić information content (AvgIpc) is 3.18. The highest BCUT2D eigenvalue weighted by atomic mass is 16.5. The van der Waals surface area contributed by atoms with Crippen LogP contribution in [-0.2, 0) is 0 Å². The minimum absolute atomic E-state index is 0.148. The predicted octanol–water partition coefficient (Wildman–Crippen LogP) is 3.01. The van der Waals surface area contributed by atoms with Crippen molar-refractivity contribution < 1.29 is 23.4 Å². The Morgan fingerprint density at radius 3 is 2.31 bits per heavy atom. The molecule has 0 bridgehead atoms. The van der Waals surface area contributed by atoms with Crippen LogP contribution in [0.5, 0.6) is 17.2 Å². The van der Waals surface area contributed by atoms with Crippen LogP contribution >= 0.6 is 0 Å². The van der Waals surface area contributed by atoms with E-state index in [1.54, 1.807) is 49.6 Å². The fourth-order valence-corrected chi connectivity index (χ4v) is 2.26. The van der Waals surface area contributed by atoms with Crippen molar-refractivity contribution in [2.45, 2.75) is 0 Å². The highest BCUT2D eigenvalue weighted by Crippen LogP contribution is 2.30. The van der Waals surface area contributed by atoms with Gasteiger partial charge in [-0.25, -0.2) is 0 Å². The Bertz CT molecular complexity index is 905. The average molecular weight is 355 g/mol. The molecule has 1 amide bonds. The first-order chi connectivity index (χ1) is 12.6. The summed E-state index contributed by atoms with van der Waals surface area (Å²) in [5, 5.41) is 10.4.